The number of nitrogens with zero attached hydrogens (tertiary/aromatic N) is 3. The molecule has 7 nitrogen and oxygen atoms in total. The van der Waals surface area contributed by atoms with Crippen molar-refractivity contribution in [2.75, 3.05) is 37.2 Å². The van der Waals surface area contributed by atoms with Gasteiger partial charge in [0, 0.05) is 18.7 Å². The lowest BCUT2D eigenvalue weighted by Crippen LogP contribution is -2.41. The molecule has 0 saturated carbocycles. The van der Waals surface area contributed by atoms with Gasteiger partial charge in [0.2, 0.25) is 11.9 Å². The number of hydrogen-bond acceptors (Lipinski definition) is 6. The number of primary amides is 1. The molecule has 1 fully saturated rings. The average molecular weight is 320 g/mol. The maximum absolute atomic E-state index is 11.3. The van der Waals surface area contributed by atoms with Gasteiger partial charge in [-0.05, 0) is 45.7 Å². The van der Waals surface area contributed by atoms with Crippen molar-refractivity contribution >= 4 is 17.7 Å². The molecule has 1 aliphatic rings. The van der Waals surface area contributed by atoms with Gasteiger partial charge in [-0.15, -0.1) is 0 Å². The molecule has 2 rings (SSSR count). The fraction of sp³-hybridized carbons (Fsp3) is 0.688. The van der Waals surface area contributed by atoms with E-state index >= 15 is 0 Å². The van der Waals surface area contributed by atoms with Crippen LogP contribution in [0.15, 0.2) is 0 Å². The van der Waals surface area contributed by atoms with E-state index in [0.717, 1.165) is 68.9 Å². The Labute approximate surface area is 137 Å². The molecule has 1 saturated heterocycles. The molecule has 0 aliphatic carbocycles. The van der Waals surface area contributed by atoms with E-state index in [4.69, 9.17) is 11.5 Å². The number of nitrogens with two attached hydrogens (primary N) is 2. The molecule has 23 heavy (non-hydrogen) atoms. The van der Waals surface area contributed by atoms with Gasteiger partial charge >= 0.3 is 0 Å². The summed E-state index contributed by atoms with van der Waals surface area (Å²) in [6.45, 7) is 7.68. The molecule has 2 heterocycles. The molecule has 0 radical (unpaired) electrons. The lowest BCUT2D eigenvalue weighted by atomic mass is 9.97. The van der Waals surface area contributed by atoms with Gasteiger partial charge in [-0.3, -0.25) is 4.79 Å². The Morgan fingerprint density at radius 3 is 2.91 bits per heavy atom. The Morgan fingerprint density at radius 2 is 2.22 bits per heavy atom. The molecular weight excluding hydrogens is 292 g/mol. The maximum Gasteiger partial charge on any atom is 0.222 e. The first-order valence-electron chi connectivity index (χ1n) is 8.39. The third-order valence-electron chi connectivity index (χ3n) is 4.45. The summed E-state index contributed by atoms with van der Waals surface area (Å²) in [5.74, 6) is 0.970. The monoisotopic (exact) mass is 320 g/mol. The lowest BCUT2D eigenvalue weighted by Gasteiger charge is -2.31. The number of carbonyl (C=O) groups excluding carboxylic acids is 1. The summed E-state index contributed by atoms with van der Waals surface area (Å²) < 4.78 is 0. The number of nitrogen functional groups attached to an aromatic ring is 1. The van der Waals surface area contributed by atoms with Gasteiger partial charge in [-0.1, -0.05) is 6.92 Å². The van der Waals surface area contributed by atoms with Crippen molar-refractivity contribution in [3.8, 4) is 0 Å². The first-order valence-corrected chi connectivity index (χ1v) is 8.39. The van der Waals surface area contributed by atoms with E-state index in [1.165, 1.54) is 0 Å². The topological polar surface area (TPSA) is 110 Å². The van der Waals surface area contributed by atoms with Crippen molar-refractivity contribution in [1.82, 2.24) is 14.9 Å². The molecule has 1 atom stereocenters. The van der Waals surface area contributed by atoms with E-state index in [0.29, 0.717) is 5.95 Å². The van der Waals surface area contributed by atoms with Crippen LogP contribution in [0.4, 0.5) is 11.8 Å². The molecule has 0 bridgehead atoms. The van der Waals surface area contributed by atoms with E-state index in [-0.39, 0.29) is 11.8 Å². The number of anilines is 2. The van der Waals surface area contributed by atoms with Crippen LogP contribution >= 0.6 is 0 Å². The Morgan fingerprint density at radius 1 is 1.43 bits per heavy atom. The summed E-state index contributed by atoms with van der Waals surface area (Å²) in [6, 6.07) is 0. The molecule has 7 heteroatoms. The van der Waals surface area contributed by atoms with Crippen LogP contribution in [0.3, 0.4) is 0 Å². The molecule has 1 aliphatic heterocycles. The van der Waals surface area contributed by atoms with Crippen LogP contribution in [0.5, 0.6) is 0 Å². The number of hydrogen-bond donors (Lipinski definition) is 3. The third kappa shape index (κ3) is 4.79. The fourth-order valence-electron chi connectivity index (χ4n) is 3.10. The molecule has 5 N–H and O–H groups in total. The third-order valence-corrected chi connectivity index (χ3v) is 4.45. The van der Waals surface area contributed by atoms with Crippen LogP contribution in [0, 0.1) is 12.8 Å². The van der Waals surface area contributed by atoms with Crippen LogP contribution in [-0.4, -0.2) is 47.0 Å². The number of nitrogens with one attached hydrogen (secondary N) is 1. The number of rotatable bonds is 7. The number of aromatic nitrogens is 2. The zero-order chi connectivity index (χ0) is 16.8. The summed E-state index contributed by atoms with van der Waals surface area (Å²) in [4.78, 5) is 22.2. The van der Waals surface area contributed by atoms with E-state index in [2.05, 4.69) is 27.1 Å². The number of likely N-dealkylation sites (tertiary alicyclic amines) is 1. The Bertz CT molecular complexity index is 548. The van der Waals surface area contributed by atoms with Crippen LogP contribution in [0.2, 0.25) is 0 Å². The highest BCUT2D eigenvalue weighted by atomic mass is 16.1. The quantitative estimate of drug-likeness (QED) is 0.645. The minimum Gasteiger partial charge on any atom is -0.370 e. The molecule has 0 unspecified atom stereocenters. The molecule has 1 aromatic rings. The first kappa shape index (κ1) is 17.5. The van der Waals surface area contributed by atoms with Crippen LogP contribution < -0.4 is 16.8 Å². The lowest BCUT2D eigenvalue weighted by molar-refractivity contribution is -0.123. The normalized spacial score (nSPS) is 18.8. The van der Waals surface area contributed by atoms with E-state index in [1.54, 1.807) is 0 Å². The van der Waals surface area contributed by atoms with Crippen molar-refractivity contribution in [2.45, 2.75) is 39.5 Å². The van der Waals surface area contributed by atoms with Crippen molar-refractivity contribution < 1.29 is 4.79 Å². The predicted molar refractivity (Wildman–Crippen MR) is 92.0 cm³/mol. The summed E-state index contributed by atoms with van der Waals surface area (Å²) in [7, 11) is 0. The summed E-state index contributed by atoms with van der Waals surface area (Å²) in [6.07, 6.45) is 3.79. The molecular formula is C16H28N6O. The minimum absolute atomic E-state index is 0.00716. The van der Waals surface area contributed by atoms with Crippen molar-refractivity contribution in [3.05, 3.63) is 11.3 Å². The highest BCUT2D eigenvalue weighted by molar-refractivity contribution is 5.76. The van der Waals surface area contributed by atoms with Gasteiger partial charge in [0.05, 0.1) is 11.6 Å². The van der Waals surface area contributed by atoms with E-state index in [1.807, 2.05) is 6.92 Å². The Balaban J connectivity index is 1.79. The summed E-state index contributed by atoms with van der Waals surface area (Å²) >= 11 is 0. The predicted octanol–water partition coefficient (Wildman–Crippen LogP) is 0.929. The van der Waals surface area contributed by atoms with Gasteiger partial charge in [-0.2, -0.15) is 4.98 Å². The number of amides is 1. The Kier molecular flexibility index (Phi) is 6.15. The fourth-order valence-corrected chi connectivity index (χ4v) is 3.10. The van der Waals surface area contributed by atoms with E-state index < -0.39 is 0 Å². The van der Waals surface area contributed by atoms with Gasteiger partial charge < -0.3 is 21.7 Å². The minimum atomic E-state index is -0.174. The maximum atomic E-state index is 11.3. The first-order chi connectivity index (χ1) is 11.0. The molecule has 1 amide bonds. The second-order valence-corrected chi connectivity index (χ2v) is 6.18. The van der Waals surface area contributed by atoms with Crippen molar-refractivity contribution in [1.29, 1.82) is 0 Å². The summed E-state index contributed by atoms with van der Waals surface area (Å²) in [5, 5.41) is 3.35. The van der Waals surface area contributed by atoms with Gasteiger partial charge in [0.25, 0.3) is 0 Å². The zero-order valence-corrected chi connectivity index (χ0v) is 14.1. The second kappa shape index (κ2) is 8.10. The largest absolute Gasteiger partial charge is 0.370 e. The standard InChI is InChI=1S/C16H28N6O/c1-3-13-11(2)15(21-16(18)20-13)19-7-5-9-22-8-4-6-12(10-22)14(17)23/h12H,3-10H2,1-2H3,(H2,17,23)(H3,18,19,20,21)/t12-/m1/s1. The number of piperidine rings is 1. The van der Waals surface area contributed by atoms with Gasteiger partial charge in [0.15, 0.2) is 0 Å². The van der Waals surface area contributed by atoms with Gasteiger partial charge in [0.1, 0.15) is 5.82 Å². The average Bonchev–Trinajstić information content (AvgIpc) is 2.54. The molecule has 128 valence electrons. The van der Waals surface area contributed by atoms with E-state index in [9.17, 15) is 4.79 Å². The Hall–Kier alpha value is -1.89. The molecule has 0 aromatic carbocycles. The SMILES string of the molecule is CCc1nc(N)nc(NCCCN2CCC[C@@H](C(N)=O)C2)c1C. The molecule has 1 aromatic heterocycles. The van der Waals surface area contributed by atoms with Crippen LogP contribution in [0.25, 0.3) is 0 Å². The zero-order valence-electron chi connectivity index (χ0n) is 14.1. The number of carbonyl (C=O) groups is 1. The van der Waals surface area contributed by atoms with Crippen LogP contribution in [-0.2, 0) is 11.2 Å². The highest BCUT2D eigenvalue weighted by Gasteiger charge is 2.23. The van der Waals surface area contributed by atoms with Crippen LogP contribution in [0.1, 0.15) is 37.4 Å². The van der Waals surface area contributed by atoms with Crippen molar-refractivity contribution in [3.63, 3.8) is 0 Å². The van der Waals surface area contributed by atoms with Crippen molar-refractivity contribution in [2.24, 2.45) is 11.7 Å². The second-order valence-electron chi connectivity index (χ2n) is 6.18. The highest BCUT2D eigenvalue weighted by Crippen LogP contribution is 2.18. The van der Waals surface area contributed by atoms with Gasteiger partial charge in [-0.25, -0.2) is 4.98 Å². The number of aryl methyl sites for hydroxylation is 1. The smallest absolute Gasteiger partial charge is 0.222 e. The molecule has 0 spiro atoms. The summed E-state index contributed by atoms with van der Waals surface area (Å²) in [5.41, 5.74) is 13.2.